The number of amides is 1. The predicted molar refractivity (Wildman–Crippen MR) is 71.7 cm³/mol. The lowest BCUT2D eigenvalue weighted by atomic mass is 10.1. The Balaban J connectivity index is 1.72. The number of nitrogens with zero attached hydrogens (tertiary/aromatic N) is 1. The second-order valence-electron chi connectivity index (χ2n) is 4.40. The van der Waals surface area contributed by atoms with Crippen molar-refractivity contribution in [1.82, 2.24) is 10.2 Å². The van der Waals surface area contributed by atoms with Gasteiger partial charge in [-0.3, -0.25) is 9.89 Å². The molecule has 0 aliphatic carbocycles. The van der Waals surface area contributed by atoms with E-state index in [1.54, 1.807) is 24.2 Å². The van der Waals surface area contributed by atoms with Gasteiger partial charge in [0.25, 0.3) is 0 Å². The maximum Gasteiger partial charge on any atom is 0.238 e. The number of anilines is 1. The van der Waals surface area contributed by atoms with E-state index in [1.807, 2.05) is 0 Å². The molecule has 0 bridgehead atoms. The van der Waals surface area contributed by atoms with Crippen LogP contribution in [-0.4, -0.2) is 21.4 Å². The zero-order chi connectivity index (χ0) is 12.5. The molecule has 1 amide bonds. The average Bonchev–Trinajstić information content (AvgIpc) is 2.96. The van der Waals surface area contributed by atoms with Gasteiger partial charge in [0.2, 0.25) is 5.91 Å². The molecule has 18 heavy (non-hydrogen) atoms. The number of fused-ring (bicyclic) bond motifs is 1. The lowest BCUT2D eigenvalue weighted by Crippen LogP contribution is -2.24. The van der Waals surface area contributed by atoms with Gasteiger partial charge in [-0.1, -0.05) is 17.7 Å². The summed E-state index contributed by atoms with van der Waals surface area (Å²) < 4.78 is 0. The number of thioether (sulfide) groups is 1. The minimum absolute atomic E-state index is 0.0373. The van der Waals surface area contributed by atoms with E-state index in [1.165, 1.54) is 16.0 Å². The molecule has 0 saturated carbocycles. The van der Waals surface area contributed by atoms with Gasteiger partial charge in [-0.25, -0.2) is 0 Å². The highest BCUT2D eigenvalue weighted by atomic mass is 32.2. The van der Waals surface area contributed by atoms with E-state index in [2.05, 4.69) is 40.6 Å². The lowest BCUT2D eigenvalue weighted by molar-refractivity contribution is -0.115. The summed E-state index contributed by atoms with van der Waals surface area (Å²) in [5.41, 5.74) is 3.21. The molecule has 0 fully saturated rings. The monoisotopic (exact) mass is 259 g/mol. The molecule has 2 N–H and O–H groups in total. The van der Waals surface area contributed by atoms with E-state index in [4.69, 9.17) is 0 Å². The molecule has 1 aliphatic heterocycles. The van der Waals surface area contributed by atoms with Gasteiger partial charge in [-0.15, -0.1) is 11.8 Å². The second kappa shape index (κ2) is 4.49. The summed E-state index contributed by atoms with van der Waals surface area (Å²) in [6.45, 7) is 2.07. The first-order valence-corrected chi connectivity index (χ1v) is 6.66. The van der Waals surface area contributed by atoms with E-state index >= 15 is 0 Å². The van der Waals surface area contributed by atoms with Crippen LogP contribution in [0.25, 0.3) is 0 Å². The molecule has 1 aromatic heterocycles. The summed E-state index contributed by atoms with van der Waals surface area (Å²) in [6.07, 6.45) is 4.08. The highest BCUT2D eigenvalue weighted by Crippen LogP contribution is 2.37. The summed E-state index contributed by atoms with van der Waals surface area (Å²) in [7, 11) is 0. The molecule has 2 heterocycles. The lowest BCUT2D eigenvalue weighted by Gasteiger charge is -2.07. The Labute approximate surface area is 109 Å². The number of aromatic nitrogens is 2. The first-order valence-electron chi connectivity index (χ1n) is 5.78. The number of hydrogen-bond donors (Lipinski definition) is 2. The van der Waals surface area contributed by atoms with Crippen molar-refractivity contribution in [2.45, 2.75) is 23.5 Å². The van der Waals surface area contributed by atoms with Gasteiger partial charge in [0.15, 0.2) is 0 Å². The maximum atomic E-state index is 12.1. The Morgan fingerprint density at radius 1 is 1.56 bits per heavy atom. The van der Waals surface area contributed by atoms with Crippen LogP contribution in [0.5, 0.6) is 0 Å². The second-order valence-corrected chi connectivity index (χ2v) is 5.64. The van der Waals surface area contributed by atoms with Crippen LogP contribution in [-0.2, 0) is 11.2 Å². The molecule has 0 radical (unpaired) electrons. The number of rotatable bonds is 2. The number of H-pyrrole nitrogens is 1. The first kappa shape index (κ1) is 11.3. The number of nitrogens with one attached hydrogen (secondary N) is 2. The van der Waals surface area contributed by atoms with Crippen molar-refractivity contribution in [2.75, 3.05) is 5.32 Å². The van der Waals surface area contributed by atoms with Crippen LogP contribution in [0.2, 0.25) is 0 Å². The van der Waals surface area contributed by atoms with Crippen molar-refractivity contribution in [1.29, 1.82) is 0 Å². The normalized spacial score (nSPS) is 17.5. The molecular weight excluding hydrogens is 246 g/mol. The third-order valence-corrected chi connectivity index (χ3v) is 4.25. The number of aromatic amines is 1. The SMILES string of the molecule is Cc1ccc2c(c1)S[C@@H](C(=O)Nc1cn[nH]c1)C2. The topological polar surface area (TPSA) is 57.8 Å². The van der Waals surface area contributed by atoms with E-state index in [0.29, 0.717) is 5.69 Å². The number of aryl methyl sites for hydroxylation is 1. The molecule has 0 unspecified atom stereocenters. The number of carbonyl (C=O) groups is 1. The fraction of sp³-hybridized carbons (Fsp3) is 0.231. The van der Waals surface area contributed by atoms with Gasteiger partial charge < -0.3 is 5.32 Å². The Kier molecular flexibility index (Phi) is 2.83. The highest BCUT2D eigenvalue weighted by molar-refractivity contribution is 8.01. The number of benzene rings is 1. The summed E-state index contributed by atoms with van der Waals surface area (Å²) in [6, 6.07) is 6.35. The zero-order valence-electron chi connectivity index (χ0n) is 9.93. The molecular formula is C13H13N3OS. The van der Waals surface area contributed by atoms with Crippen molar-refractivity contribution >= 4 is 23.4 Å². The standard InChI is InChI=1S/C13H13N3OS/c1-8-2-3-9-5-12(18-11(9)4-8)13(17)16-10-6-14-15-7-10/h2-4,6-7,12H,5H2,1H3,(H,14,15)(H,16,17)/t12-/m1/s1. The predicted octanol–water partition coefficient (Wildman–Crippen LogP) is 2.37. The average molecular weight is 259 g/mol. The largest absolute Gasteiger partial charge is 0.322 e. The summed E-state index contributed by atoms with van der Waals surface area (Å²) in [4.78, 5) is 13.3. The van der Waals surface area contributed by atoms with E-state index in [9.17, 15) is 4.79 Å². The van der Waals surface area contributed by atoms with Crippen molar-refractivity contribution in [3.05, 3.63) is 41.7 Å². The van der Waals surface area contributed by atoms with E-state index in [-0.39, 0.29) is 11.2 Å². The summed E-state index contributed by atoms with van der Waals surface area (Å²) in [5.74, 6) is 0.0373. The van der Waals surface area contributed by atoms with Crippen LogP contribution in [0.3, 0.4) is 0 Å². The Bertz CT molecular complexity index is 580. The third kappa shape index (κ3) is 2.13. The molecule has 5 heteroatoms. The van der Waals surface area contributed by atoms with Crippen molar-refractivity contribution in [2.24, 2.45) is 0 Å². The van der Waals surface area contributed by atoms with Crippen LogP contribution in [0.15, 0.2) is 35.5 Å². The van der Waals surface area contributed by atoms with Crippen LogP contribution in [0, 0.1) is 6.92 Å². The molecule has 2 aromatic rings. The van der Waals surface area contributed by atoms with Gasteiger partial charge in [-0.2, -0.15) is 5.10 Å². The van der Waals surface area contributed by atoms with Crippen molar-refractivity contribution in [3.63, 3.8) is 0 Å². The van der Waals surface area contributed by atoms with Gasteiger partial charge in [0, 0.05) is 11.1 Å². The molecule has 1 atom stereocenters. The molecule has 1 aromatic carbocycles. The minimum Gasteiger partial charge on any atom is -0.322 e. The maximum absolute atomic E-state index is 12.1. The number of hydrogen-bond acceptors (Lipinski definition) is 3. The molecule has 1 aliphatic rings. The fourth-order valence-electron chi connectivity index (χ4n) is 2.02. The highest BCUT2D eigenvalue weighted by Gasteiger charge is 2.28. The molecule has 4 nitrogen and oxygen atoms in total. The van der Waals surface area contributed by atoms with Crippen molar-refractivity contribution in [3.8, 4) is 0 Å². The van der Waals surface area contributed by atoms with Crippen LogP contribution in [0.1, 0.15) is 11.1 Å². The van der Waals surface area contributed by atoms with Gasteiger partial charge in [0.1, 0.15) is 0 Å². The molecule has 3 rings (SSSR count). The Hall–Kier alpha value is -1.75. The zero-order valence-corrected chi connectivity index (χ0v) is 10.8. The third-order valence-electron chi connectivity index (χ3n) is 2.96. The van der Waals surface area contributed by atoms with Gasteiger partial charge in [-0.05, 0) is 25.0 Å². The fourth-order valence-corrected chi connectivity index (χ4v) is 3.32. The molecule has 92 valence electrons. The smallest absolute Gasteiger partial charge is 0.238 e. The van der Waals surface area contributed by atoms with E-state index in [0.717, 1.165) is 6.42 Å². The molecule has 0 saturated heterocycles. The number of carbonyl (C=O) groups excluding carboxylic acids is 1. The summed E-state index contributed by atoms with van der Waals surface area (Å²) >= 11 is 1.64. The Morgan fingerprint density at radius 3 is 3.22 bits per heavy atom. The van der Waals surface area contributed by atoms with Crippen LogP contribution >= 0.6 is 11.8 Å². The summed E-state index contributed by atoms with van der Waals surface area (Å²) in [5, 5.41) is 9.30. The quantitative estimate of drug-likeness (QED) is 0.870. The van der Waals surface area contributed by atoms with Crippen LogP contribution in [0.4, 0.5) is 5.69 Å². The first-order chi connectivity index (χ1) is 8.72. The van der Waals surface area contributed by atoms with Crippen molar-refractivity contribution < 1.29 is 4.79 Å². The minimum atomic E-state index is -0.0447. The molecule has 0 spiro atoms. The van der Waals surface area contributed by atoms with Gasteiger partial charge >= 0.3 is 0 Å². The van der Waals surface area contributed by atoms with E-state index < -0.39 is 0 Å². The van der Waals surface area contributed by atoms with Gasteiger partial charge in [0.05, 0.1) is 17.1 Å². The van der Waals surface area contributed by atoms with Crippen LogP contribution < -0.4 is 5.32 Å². The Morgan fingerprint density at radius 2 is 2.44 bits per heavy atom.